The number of anilines is 1. The lowest BCUT2D eigenvalue weighted by molar-refractivity contribution is -0.140. The van der Waals surface area contributed by atoms with Gasteiger partial charge in [-0.1, -0.05) is 17.7 Å². The lowest BCUT2D eigenvalue weighted by atomic mass is 10.1. The average molecular weight is 308 g/mol. The van der Waals surface area contributed by atoms with Crippen molar-refractivity contribution in [1.29, 1.82) is 0 Å². The van der Waals surface area contributed by atoms with Crippen molar-refractivity contribution in [2.45, 2.75) is 12.6 Å². The van der Waals surface area contributed by atoms with Crippen LogP contribution in [-0.2, 0) is 15.8 Å². The molecule has 1 aliphatic rings. The number of rotatable bonds is 3. The topological polar surface area (TPSA) is 66.4 Å². The Morgan fingerprint density at radius 2 is 1.95 bits per heavy atom. The lowest BCUT2D eigenvalue weighted by Crippen LogP contribution is -2.20. The van der Waals surface area contributed by atoms with Gasteiger partial charge in [-0.2, -0.15) is 13.2 Å². The molecule has 0 spiro atoms. The van der Waals surface area contributed by atoms with Crippen molar-refractivity contribution in [1.82, 2.24) is 0 Å². The summed E-state index contributed by atoms with van der Waals surface area (Å²) >= 11 is 5.67. The first-order chi connectivity index (χ1) is 9.21. The fourth-order valence-corrected chi connectivity index (χ4v) is 2.08. The van der Waals surface area contributed by atoms with Crippen molar-refractivity contribution in [3.63, 3.8) is 0 Å². The van der Waals surface area contributed by atoms with Crippen molar-refractivity contribution in [2.24, 2.45) is 11.8 Å². The van der Waals surface area contributed by atoms with Gasteiger partial charge in [0.25, 0.3) is 0 Å². The molecule has 0 aliphatic heterocycles. The maximum absolute atomic E-state index is 12.8. The quantitative estimate of drug-likeness (QED) is 0.902. The van der Waals surface area contributed by atoms with Gasteiger partial charge in [0.2, 0.25) is 5.91 Å². The number of benzene rings is 1. The number of aliphatic carboxylic acids is 1. The van der Waals surface area contributed by atoms with Crippen molar-refractivity contribution in [2.75, 3.05) is 5.32 Å². The standard InChI is InChI=1S/C12H9ClF3NO3/c13-8-3-1-2-7(12(14,15)16)9(8)17-10(18)5-4-6(5)11(19)20/h1-3,5-6H,4H2,(H,17,18)(H,19,20). The first-order valence-electron chi connectivity index (χ1n) is 5.61. The molecule has 1 aromatic rings. The second-order valence-electron chi connectivity index (χ2n) is 4.44. The van der Waals surface area contributed by atoms with Crippen LogP contribution in [0.4, 0.5) is 18.9 Å². The van der Waals surface area contributed by atoms with E-state index in [1.165, 1.54) is 6.07 Å². The Kier molecular flexibility index (Phi) is 3.64. The highest BCUT2D eigenvalue weighted by molar-refractivity contribution is 6.34. The van der Waals surface area contributed by atoms with Gasteiger partial charge in [-0.15, -0.1) is 0 Å². The van der Waals surface area contributed by atoms with E-state index in [0.717, 1.165) is 12.1 Å². The fourth-order valence-electron chi connectivity index (χ4n) is 1.86. The Morgan fingerprint density at radius 3 is 2.45 bits per heavy atom. The summed E-state index contributed by atoms with van der Waals surface area (Å²) < 4.78 is 38.4. The molecule has 0 saturated heterocycles. The first kappa shape index (κ1) is 14.6. The Morgan fingerprint density at radius 1 is 1.30 bits per heavy atom. The van der Waals surface area contributed by atoms with Gasteiger partial charge in [0, 0.05) is 0 Å². The Balaban J connectivity index is 2.22. The lowest BCUT2D eigenvalue weighted by Gasteiger charge is -2.15. The van der Waals surface area contributed by atoms with Crippen LogP contribution in [0.3, 0.4) is 0 Å². The van der Waals surface area contributed by atoms with Gasteiger partial charge in [0.1, 0.15) is 0 Å². The second kappa shape index (κ2) is 4.97. The van der Waals surface area contributed by atoms with Gasteiger partial charge in [-0.05, 0) is 18.6 Å². The minimum Gasteiger partial charge on any atom is -0.481 e. The van der Waals surface area contributed by atoms with E-state index in [1.54, 1.807) is 0 Å². The minimum atomic E-state index is -4.66. The predicted molar refractivity (Wildman–Crippen MR) is 64.3 cm³/mol. The molecule has 0 aromatic heterocycles. The summed E-state index contributed by atoms with van der Waals surface area (Å²) in [4.78, 5) is 22.4. The average Bonchev–Trinajstić information content (AvgIpc) is 3.10. The number of carbonyl (C=O) groups excluding carboxylic acids is 1. The van der Waals surface area contributed by atoms with E-state index >= 15 is 0 Å². The molecule has 2 unspecified atom stereocenters. The summed E-state index contributed by atoms with van der Waals surface area (Å²) in [5.41, 5.74) is -1.60. The van der Waals surface area contributed by atoms with Crippen LogP contribution >= 0.6 is 11.6 Å². The monoisotopic (exact) mass is 307 g/mol. The Labute approximate surface area is 116 Å². The van der Waals surface area contributed by atoms with E-state index < -0.39 is 41.1 Å². The summed E-state index contributed by atoms with van der Waals surface area (Å²) in [7, 11) is 0. The fraction of sp³-hybridized carbons (Fsp3) is 0.333. The molecule has 2 atom stereocenters. The van der Waals surface area contributed by atoms with Gasteiger partial charge < -0.3 is 10.4 Å². The molecular weight excluding hydrogens is 299 g/mol. The van der Waals surface area contributed by atoms with Crippen LogP contribution in [0, 0.1) is 11.8 Å². The third-order valence-corrected chi connectivity index (χ3v) is 3.33. The highest BCUT2D eigenvalue weighted by Gasteiger charge is 2.48. The SMILES string of the molecule is O=C(O)C1CC1C(=O)Nc1c(Cl)cccc1C(F)(F)F. The van der Waals surface area contributed by atoms with Crippen LogP contribution in [0.25, 0.3) is 0 Å². The predicted octanol–water partition coefficient (Wildman–Crippen LogP) is 3.02. The molecule has 1 fully saturated rings. The van der Waals surface area contributed by atoms with Gasteiger partial charge in [0.05, 0.1) is 28.1 Å². The molecule has 1 aliphatic carbocycles. The largest absolute Gasteiger partial charge is 0.481 e. The number of para-hydroxylation sites is 1. The van der Waals surface area contributed by atoms with E-state index in [0.29, 0.717) is 0 Å². The maximum atomic E-state index is 12.8. The van der Waals surface area contributed by atoms with Gasteiger partial charge in [0.15, 0.2) is 0 Å². The zero-order valence-corrected chi connectivity index (χ0v) is 10.6. The number of hydrogen-bond donors (Lipinski definition) is 2. The summed E-state index contributed by atoms with van der Waals surface area (Å²) in [6, 6.07) is 3.13. The molecule has 0 bridgehead atoms. The third kappa shape index (κ3) is 2.87. The molecule has 1 aromatic carbocycles. The highest BCUT2D eigenvalue weighted by Crippen LogP contribution is 2.42. The minimum absolute atomic E-state index is 0.118. The van der Waals surface area contributed by atoms with E-state index in [9.17, 15) is 22.8 Å². The third-order valence-electron chi connectivity index (χ3n) is 3.01. The van der Waals surface area contributed by atoms with Crippen molar-refractivity contribution < 1.29 is 27.9 Å². The van der Waals surface area contributed by atoms with E-state index in [-0.39, 0.29) is 11.4 Å². The normalized spacial score (nSPS) is 21.4. The van der Waals surface area contributed by atoms with Crippen LogP contribution in [0.5, 0.6) is 0 Å². The number of carboxylic acids is 1. The summed E-state index contributed by atoms with van der Waals surface area (Å²) in [6.07, 6.45) is -4.55. The number of carbonyl (C=O) groups is 2. The van der Waals surface area contributed by atoms with Crippen molar-refractivity contribution in [3.8, 4) is 0 Å². The molecule has 0 radical (unpaired) electrons. The summed E-state index contributed by atoms with van der Waals surface area (Å²) in [6.45, 7) is 0. The molecule has 8 heteroatoms. The van der Waals surface area contributed by atoms with E-state index in [1.807, 2.05) is 0 Å². The van der Waals surface area contributed by atoms with Crippen LogP contribution in [0.15, 0.2) is 18.2 Å². The number of alkyl halides is 3. The molecule has 2 N–H and O–H groups in total. The molecule has 20 heavy (non-hydrogen) atoms. The zero-order chi connectivity index (χ0) is 15.1. The Hall–Kier alpha value is -1.76. The van der Waals surface area contributed by atoms with Crippen LogP contribution in [0.1, 0.15) is 12.0 Å². The molecule has 0 heterocycles. The van der Waals surface area contributed by atoms with Crippen LogP contribution in [0.2, 0.25) is 5.02 Å². The Bertz CT molecular complexity index is 574. The highest BCUT2D eigenvalue weighted by atomic mass is 35.5. The molecule has 1 amide bonds. The van der Waals surface area contributed by atoms with Crippen LogP contribution < -0.4 is 5.32 Å². The number of amides is 1. The zero-order valence-electron chi connectivity index (χ0n) is 9.87. The van der Waals surface area contributed by atoms with E-state index in [2.05, 4.69) is 5.32 Å². The number of halogens is 4. The smallest absolute Gasteiger partial charge is 0.418 e. The van der Waals surface area contributed by atoms with Gasteiger partial charge in [-0.3, -0.25) is 9.59 Å². The van der Waals surface area contributed by atoms with Crippen molar-refractivity contribution >= 4 is 29.2 Å². The first-order valence-corrected chi connectivity index (χ1v) is 5.99. The number of hydrogen-bond acceptors (Lipinski definition) is 2. The molecular formula is C12H9ClF3NO3. The van der Waals surface area contributed by atoms with Crippen molar-refractivity contribution in [3.05, 3.63) is 28.8 Å². The van der Waals surface area contributed by atoms with E-state index in [4.69, 9.17) is 16.7 Å². The summed E-state index contributed by atoms with van der Waals surface area (Å²) in [5, 5.41) is 10.5. The summed E-state index contributed by atoms with van der Waals surface area (Å²) in [5.74, 6) is -3.56. The molecule has 1 saturated carbocycles. The molecule has 4 nitrogen and oxygen atoms in total. The van der Waals surface area contributed by atoms with Crippen LogP contribution in [-0.4, -0.2) is 17.0 Å². The van der Waals surface area contributed by atoms with Gasteiger partial charge >= 0.3 is 12.1 Å². The number of carboxylic acid groups (broad SMARTS) is 1. The van der Waals surface area contributed by atoms with Gasteiger partial charge in [-0.25, -0.2) is 0 Å². The molecule has 2 rings (SSSR count). The number of nitrogens with one attached hydrogen (secondary N) is 1. The molecule has 108 valence electrons. The maximum Gasteiger partial charge on any atom is 0.418 e. The second-order valence-corrected chi connectivity index (χ2v) is 4.84.